The molecule has 8 heteroatoms. The highest BCUT2D eigenvalue weighted by molar-refractivity contribution is 7.89. The van der Waals surface area contributed by atoms with Gasteiger partial charge >= 0.3 is 0 Å². The minimum absolute atomic E-state index is 0.00339. The summed E-state index contributed by atoms with van der Waals surface area (Å²) in [4.78, 5) is 10.9. The van der Waals surface area contributed by atoms with E-state index in [1.807, 2.05) is 32.1 Å². The molecule has 3 rings (SSSR count). The Morgan fingerprint density at radius 3 is 2.63 bits per heavy atom. The van der Waals surface area contributed by atoms with Gasteiger partial charge in [0.05, 0.1) is 16.2 Å². The Morgan fingerprint density at radius 2 is 2.07 bits per heavy atom. The molecule has 1 aliphatic heterocycles. The Kier molecular flexibility index (Phi) is 6.43. The van der Waals surface area contributed by atoms with E-state index in [9.17, 15) is 18.5 Å². The molecule has 0 bridgehead atoms. The highest BCUT2D eigenvalue weighted by Gasteiger charge is 2.43. The number of fused-ring (bicyclic) bond motifs is 3. The second-order valence-corrected chi connectivity index (χ2v) is 8.32. The van der Waals surface area contributed by atoms with E-state index in [0.717, 1.165) is 17.7 Å². The van der Waals surface area contributed by atoms with Crippen molar-refractivity contribution in [3.63, 3.8) is 0 Å². The number of hydrogen-bond donors (Lipinski definition) is 2. The summed E-state index contributed by atoms with van der Waals surface area (Å²) in [5, 5.41) is 19.2. The number of nitro groups is 1. The number of sulfonamides is 1. The minimum Gasteiger partial charge on any atom is -0.378 e. The van der Waals surface area contributed by atoms with Crippen LogP contribution in [0.25, 0.3) is 0 Å². The normalized spacial score (nSPS) is 29.3. The molecule has 0 aromatic carbocycles. The van der Waals surface area contributed by atoms with E-state index in [4.69, 9.17) is 5.14 Å². The standard InChI is InChI=1S/C17H21N3O4S.C2H6/c1-3-16(20(21)22)10(2)17-13-6-4-5-12(13)14-9-11(25(18,23)24)7-8-15(14)19-17;1-2/h3-5,8-9,11-13,17,19H,2,6-7H2,1H3,(H2,18,23,24);1-2H3/b16-3+;. The van der Waals surface area contributed by atoms with Gasteiger partial charge in [0.1, 0.15) is 0 Å². The van der Waals surface area contributed by atoms with Gasteiger partial charge in [0, 0.05) is 17.2 Å². The van der Waals surface area contributed by atoms with Gasteiger partial charge in [0.2, 0.25) is 10.0 Å². The summed E-state index contributed by atoms with van der Waals surface area (Å²) in [7, 11) is -3.65. The number of hydrogen-bond acceptors (Lipinski definition) is 5. The molecule has 1 fully saturated rings. The Hall–Kier alpha value is -2.19. The molecule has 27 heavy (non-hydrogen) atoms. The lowest BCUT2D eigenvalue weighted by molar-refractivity contribution is -0.421. The summed E-state index contributed by atoms with van der Waals surface area (Å²) in [6, 6.07) is -0.272. The summed E-state index contributed by atoms with van der Waals surface area (Å²) in [5.41, 5.74) is 2.17. The predicted molar refractivity (Wildman–Crippen MR) is 107 cm³/mol. The van der Waals surface area contributed by atoms with E-state index < -0.39 is 20.2 Å². The van der Waals surface area contributed by atoms with Crippen molar-refractivity contribution in [2.75, 3.05) is 0 Å². The van der Waals surface area contributed by atoms with Crippen LogP contribution in [0.3, 0.4) is 0 Å². The molecule has 0 amide bonds. The Labute approximate surface area is 160 Å². The van der Waals surface area contributed by atoms with Crippen LogP contribution in [0.4, 0.5) is 0 Å². The molecular formula is C19H27N3O4S. The van der Waals surface area contributed by atoms with Crippen molar-refractivity contribution in [1.29, 1.82) is 0 Å². The molecule has 0 aromatic rings. The molecule has 0 saturated carbocycles. The lowest BCUT2D eigenvalue weighted by Crippen LogP contribution is -2.47. The molecule has 3 aliphatic rings. The van der Waals surface area contributed by atoms with Gasteiger partial charge in [0.15, 0.2) is 0 Å². The molecular weight excluding hydrogens is 366 g/mol. The first-order valence-electron chi connectivity index (χ1n) is 9.11. The predicted octanol–water partition coefficient (Wildman–Crippen LogP) is 2.78. The first kappa shape index (κ1) is 21.1. The average Bonchev–Trinajstić information content (AvgIpc) is 3.11. The third-order valence-electron chi connectivity index (χ3n) is 5.14. The van der Waals surface area contributed by atoms with Crippen LogP contribution in [0.15, 0.2) is 59.5 Å². The van der Waals surface area contributed by atoms with Crippen LogP contribution in [0.5, 0.6) is 0 Å². The van der Waals surface area contributed by atoms with Gasteiger partial charge in [-0.15, -0.1) is 0 Å². The van der Waals surface area contributed by atoms with Crippen molar-refractivity contribution in [3.05, 3.63) is 69.6 Å². The van der Waals surface area contributed by atoms with Crippen molar-refractivity contribution in [3.8, 4) is 0 Å². The summed E-state index contributed by atoms with van der Waals surface area (Å²) in [5.74, 6) is 0.0636. The van der Waals surface area contributed by atoms with Crippen molar-refractivity contribution in [2.24, 2.45) is 17.0 Å². The van der Waals surface area contributed by atoms with Crippen LogP contribution in [0.2, 0.25) is 0 Å². The number of allylic oxidation sites excluding steroid dienone is 5. The van der Waals surface area contributed by atoms with Crippen molar-refractivity contribution in [2.45, 2.75) is 44.9 Å². The van der Waals surface area contributed by atoms with Gasteiger partial charge in [0.25, 0.3) is 5.70 Å². The Morgan fingerprint density at radius 1 is 1.41 bits per heavy atom. The fourth-order valence-electron chi connectivity index (χ4n) is 3.91. The summed E-state index contributed by atoms with van der Waals surface area (Å²) >= 11 is 0. The lowest BCUT2D eigenvalue weighted by Gasteiger charge is -2.41. The van der Waals surface area contributed by atoms with Gasteiger partial charge in [-0.3, -0.25) is 10.1 Å². The number of nitrogens with two attached hydrogens (primary N) is 1. The maximum atomic E-state index is 11.7. The van der Waals surface area contributed by atoms with Crippen LogP contribution < -0.4 is 10.5 Å². The second kappa shape index (κ2) is 8.22. The molecule has 7 nitrogen and oxygen atoms in total. The summed E-state index contributed by atoms with van der Waals surface area (Å²) in [6.45, 7) is 9.58. The molecule has 3 N–H and O–H groups in total. The fraction of sp³-hybridized carbons (Fsp3) is 0.474. The quantitative estimate of drug-likeness (QED) is 0.330. The molecule has 1 saturated heterocycles. The van der Waals surface area contributed by atoms with Gasteiger partial charge < -0.3 is 5.32 Å². The van der Waals surface area contributed by atoms with Crippen molar-refractivity contribution in [1.82, 2.24) is 5.32 Å². The largest absolute Gasteiger partial charge is 0.378 e. The molecule has 4 atom stereocenters. The zero-order valence-corrected chi connectivity index (χ0v) is 16.7. The zero-order chi connectivity index (χ0) is 20.4. The number of nitrogens with one attached hydrogen (secondary N) is 1. The highest BCUT2D eigenvalue weighted by Crippen LogP contribution is 2.44. The van der Waals surface area contributed by atoms with Gasteiger partial charge in [-0.25, -0.2) is 13.6 Å². The molecule has 148 valence electrons. The van der Waals surface area contributed by atoms with Gasteiger partial charge in [-0.2, -0.15) is 0 Å². The second-order valence-electron chi connectivity index (χ2n) is 6.53. The van der Waals surface area contributed by atoms with Crippen LogP contribution in [0, 0.1) is 22.0 Å². The van der Waals surface area contributed by atoms with E-state index >= 15 is 0 Å². The zero-order valence-electron chi connectivity index (χ0n) is 15.9. The van der Waals surface area contributed by atoms with E-state index in [1.54, 1.807) is 13.0 Å². The van der Waals surface area contributed by atoms with E-state index in [0.29, 0.717) is 5.57 Å². The van der Waals surface area contributed by atoms with Crippen molar-refractivity contribution < 1.29 is 13.3 Å². The number of rotatable bonds is 4. The van der Waals surface area contributed by atoms with Crippen molar-refractivity contribution >= 4 is 10.0 Å². The Balaban J connectivity index is 0.00000126. The molecule has 2 aliphatic carbocycles. The summed E-state index contributed by atoms with van der Waals surface area (Å²) in [6.07, 6.45) is 10.1. The highest BCUT2D eigenvalue weighted by atomic mass is 32.2. The maximum absolute atomic E-state index is 11.7. The monoisotopic (exact) mass is 393 g/mol. The minimum atomic E-state index is -3.65. The van der Waals surface area contributed by atoms with E-state index in [2.05, 4.69) is 11.9 Å². The Bertz CT molecular complexity index is 852. The molecule has 0 radical (unpaired) electrons. The van der Waals surface area contributed by atoms with Gasteiger partial charge in [-0.1, -0.05) is 44.7 Å². The SMILES string of the molecule is C=C(/C(=C\C)[N+](=O)[O-])C1NC2=CCC(S(N)(=O)=O)C=C2C2C=CCC21.CC. The maximum Gasteiger partial charge on any atom is 0.269 e. The smallest absolute Gasteiger partial charge is 0.269 e. The third kappa shape index (κ3) is 4.06. The van der Waals surface area contributed by atoms with Crippen LogP contribution in [-0.2, 0) is 10.0 Å². The number of piperidine rings is 1. The first-order chi connectivity index (χ1) is 12.7. The molecule has 0 spiro atoms. The third-order valence-corrected chi connectivity index (χ3v) is 6.31. The van der Waals surface area contributed by atoms with E-state index in [1.165, 1.54) is 6.08 Å². The number of nitrogens with zero attached hydrogens (tertiary/aromatic N) is 1. The topological polar surface area (TPSA) is 115 Å². The molecule has 4 unspecified atom stereocenters. The fourth-order valence-corrected chi connectivity index (χ4v) is 4.61. The lowest BCUT2D eigenvalue weighted by atomic mass is 9.74. The first-order valence-corrected chi connectivity index (χ1v) is 10.7. The van der Waals surface area contributed by atoms with Crippen LogP contribution in [-0.4, -0.2) is 24.6 Å². The number of primary sulfonamides is 1. The van der Waals surface area contributed by atoms with Crippen LogP contribution >= 0.6 is 0 Å². The van der Waals surface area contributed by atoms with E-state index in [-0.39, 0.29) is 30.0 Å². The molecule has 0 aromatic heterocycles. The average molecular weight is 394 g/mol. The van der Waals surface area contributed by atoms with Crippen LogP contribution in [0.1, 0.15) is 33.6 Å². The summed E-state index contributed by atoms with van der Waals surface area (Å²) < 4.78 is 23.4. The van der Waals surface area contributed by atoms with Gasteiger partial charge in [-0.05, 0) is 37.3 Å². The molecule has 1 heterocycles.